The van der Waals surface area contributed by atoms with Crippen LogP contribution >= 0.6 is 11.3 Å². The molecule has 30 heavy (non-hydrogen) atoms. The second-order valence-electron chi connectivity index (χ2n) is 6.78. The van der Waals surface area contributed by atoms with Gasteiger partial charge in [0.25, 0.3) is 5.91 Å². The van der Waals surface area contributed by atoms with Gasteiger partial charge in [-0.3, -0.25) is 9.59 Å². The minimum atomic E-state index is -0.683. The smallest absolute Gasteiger partial charge is 0.312 e. The van der Waals surface area contributed by atoms with E-state index in [1.807, 2.05) is 17.5 Å². The largest absolute Gasteiger partial charge is 0.484 e. The quantitative estimate of drug-likeness (QED) is 0.692. The zero-order valence-electron chi connectivity index (χ0n) is 16.3. The van der Waals surface area contributed by atoms with Crippen LogP contribution in [0.5, 0.6) is 5.75 Å². The molecule has 1 aromatic heterocycles. The van der Waals surface area contributed by atoms with Crippen LogP contribution in [0, 0.1) is 5.82 Å². The lowest BCUT2D eigenvalue weighted by Gasteiger charge is -2.35. The van der Waals surface area contributed by atoms with Gasteiger partial charge in [0.15, 0.2) is 6.61 Å². The number of nitrogens with zero attached hydrogens (tertiary/aromatic N) is 2. The summed E-state index contributed by atoms with van der Waals surface area (Å²) < 4.78 is 18.3. The Morgan fingerprint density at radius 3 is 2.27 bits per heavy atom. The summed E-state index contributed by atoms with van der Waals surface area (Å²) in [6, 6.07) is 7.99. The fourth-order valence-electron chi connectivity index (χ4n) is 3.16. The van der Waals surface area contributed by atoms with Gasteiger partial charge in [-0.15, -0.1) is 11.3 Å². The van der Waals surface area contributed by atoms with E-state index in [1.165, 1.54) is 35.6 Å². The van der Waals surface area contributed by atoms with Crippen LogP contribution in [-0.2, 0) is 9.59 Å². The number of piperazine rings is 1. The highest BCUT2D eigenvalue weighted by Crippen LogP contribution is 2.23. The number of hydrogen-bond donors (Lipinski definition) is 2. The van der Waals surface area contributed by atoms with E-state index in [1.54, 1.807) is 9.80 Å². The molecule has 1 fully saturated rings. The summed E-state index contributed by atoms with van der Waals surface area (Å²) in [7, 11) is 0. The summed E-state index contributed by atoms with van der Waals surface area (Å²) in [6.07, 6.45) is 0.102. The molecule has 1 saturated heterocycles. The van der Waals surface area contributed by atoms with E-state index in [0.717, 1.165) is 4.88 Å². The van der Waals surface area contributed by atoms with E-state index >= 15 is 0 Å². The number of amides is 4. The van der Waals surface area contributed by atoms with Crippen LogP contribution in [0.3, 0.4) is 0 Å². The first-order valence-electron chi connectivity index (χ1n) is 9.45. The number of primary amides is 1. The Morgan fingerprint density at radius 1 is 1.07 bits per heavy atom. The lowest BCUT2D eigenvalue weighted by Crippen LogP contribution is -2.52. The van der Waals surface area contributed by atoms with Crippen molar-refractivity contribution in [3.05, 3.63) is 52.5 Å². The molecule has 2 aromatic rings. The molecule has 160 valence electrons. The van der Waals surface area contributed by atoms with Crippen LogP contribution in [0.25, 0.3) is 0 Å². The van der Waals surface area contributed by atoms with Crippen molar-refractivity contribution in [2.75, 3.05) is 32.8 Å². The highest BCUT2D eigenvalue weighted by Gasteiger charge is 2.27. The first kappa shape index (κ1) is 21.6. The third kappa shape index (κ3) is 5.93. The van der Waals surface area contributed by atoms with E-state index in [2.05, 4.69) is 5.32 Å². The van der Waals surface area contributed by atoms with Crippen LogP contribution in [0.2, 0.25) is 0 Å². The molecule has 0 bridgehead atoms. The van der Waals surface area contributed by atoms with Crippen LogP contribution in [0.4, 0.5) is 9.18 Å². The molecule has 0 saturated carbocycles. The van der Waals surface area contributed by atoms with Crippen LogP contribution in [0.1, 0.15) is 17.3 Å². The van der Waals surface area contributed by atoms with Gasteiger partial charge in [0.05, 0.1) is 12.5 Å². The highest BCUT2D eigenvalue weighted by molar-refractivity contribution is 7.10. The van der Waals surface area contributed by atoms with Gasteiger partial charge in [0.1, 0.15) is 11.6 Å². The zero-order valence-corrected chi connectivity index (χ0v) is 17.1. The molecule has 1 aliphatic heterocycles. The van der Waals surface area contributed by atoms with E-state index in [-0.39, 0.29) is 30.7 Å². The number of rotatable bonds is 7. The van der Waals surface area contributed by atoms with Crippen molar-refractivity contribution in [3.8, 4) is 5.75 Å². The summed E-state index contributed by atoms with van der Waals surface area (Å²) in [4.78, 5) is 40.5. The average molecular weight is 434 g/mol. The van der Waals surface area contributed by atoms with Gasteiger partial charge >= 0.3 is 6.03 Å². The predicted molar refractivity (Wildman–Crippen MR) is 109 cm³/mol. The third-order valence-corrected chi connectivity index (χ3v) is 5.73. The molecule has 2 heterocycles. The molecule has 1 unspecified atom stereocenters. The zero-order chi connectivity index (χ0) is 21.5. The second-order valence-corrected chi connectivity index (χ2v) is 7.76. The third-order valence-electron chi connectivity index (χ3n) is 4.74. The Bertz CT molecular complexity index is 867. The molecule has 0 aliphatic carbocycles. The van der Waals surface area contributed by atoms with E-state index in [0.29, 0.717) is 31.9 Å². The molecular weight excluding hydrogens is 411 g/mol. The van der Waals surface area contributed by atoms with Crippen molar-refractivity contribution < 1.29 is 23.5 Å². The minimum absolute atomic E-state index is 0.102. The van der Waals surface area contributed by atoms with Crippen molar-refractivity contribution in [2.24, 2.45) is 5.73 Å². The molecule has 1 aliphatic rings. The van der Waals surface area contributed by atoms with Gasteiger partial charge in [-0.2, -0.15) is 0 Å². The van der Waals surface area contributed by atoms with Gasteiger partial charge in [-0.05, 0) is 35.7 Å². The fourth-order valence-corrected chi connectivity index (χ4v) is 3.94. The van der Waals surface area contributed by atoms with Crippen LogP contribution in [0.15, 0.2) is 41.8 Å². The summed E-state index contributed by atoms with van der Waals surface area (Å²) in [5.41, 5.74) is 5.24. The Labute approximate surface area is 177 Å². The number of ether oxygens (including phenoxy) is 1. The number of carbonyl (C=O) groups is 3. The highest BCUT2D eigenvalue weighted by atomic mass is 32.1. The summed E-state index contributed by atoms with van der Waals surface area (Å²) in [6.45, 7) is 1.43. The van der Waals surface area contributed by atoms with E-state index in [9.17, 15) is 18.8 Å². The maximum atomic E-state index is 12.9. The van der Waals surface area contributed by atoms with Crippen molar-refractivity contribution in [3.63, 3.8) is 0 Å². The first-order valence-corrected chi connectivity index (χ1v) is 10.3. The molecule has 3 N–H and O–H groups in total. The van der Waals surface area contributed by atoms with Gasteiger partial charge in [-0.1, -0.05) is 6.07 Å². The molecule has 8 nitrogen and oxygen atoms in total. The molecular formula is C20H23FN4O4S. The maximum Gasteiger partial charge on any atom is 0.312 e. The van der Waals surface area contributed by atoms with E-state index < -0.39 is 12.1 Å². The van der Waals surface area contributed by atoms with Crippen molar-refractivity contribution in [1.82, 2.24) is 15.1 Å². The molecule has 1 aromatic carbocycles. The SMILES string of the molecule is NC(=O)NC(CC(=O)N1CCN(C(=O)COc2ccc(F)cc2)CC1)c1cccs1. The summed E-state index contributed by atoms with van der Waals surface area (Å²) in [5.74, 6) is -0.267. The summed E-state index contributed by atoms with van der Waals surface area (Å²) >= 11 is 1.44. The first-order chi connectivity index (χ1) is 14.4. The molecule has 10 heteroatoms. The number of halogens is 1. The van der Waals surface area contributed by atoms with Crippen molar-refractivity contribution in [1.29, 1.82) is 0 Å². The number of benzene rings is 1. The van der Waals surface area contributed by atoms with Crippen LogP contribution < -0.4 is 15.8 Å². The number of hydrogen-bond acceptors (Lipinski definition) is 5. The number of carbonyl (C=O) groups excluding carboxylic acids is 3. The van der Waals surface area contributed by atoms with Crippen molar-refractivity contribution >= 4 is 29.2 Å². The maximum absolute atomic E-state index is 12.9. The predicted octanol–water partition coefficient (Wildman–Crippen LogP) is 1.74. The van der Waals surface area contributed by atoms with Gasteiger partial charge in [0, 0.05) is 31.1 Å². The minimum Gasteiger partial charge on any atom is -0.484 e. The number of urea groups is 1. The van der Waals surface area contributed by atoms with Gasteiger partial charge in [0.2, 0.25) is 5.91 Å². The standard InChI is InChI=1S/C20H23FN4O4S/c21-14-3-5-15(6-4-14)29-13-19(27)25-9-7-24(8-10-25)18(26)12-16(23-20(22)28)17-2-1-11-30-17/h1-6,11,16H,7-10,12-13H2,(H3,22,23,28). The van der Waals surface area contributed by atoms with Crippen LogP contribution in [-0.4, -0.2) is 60.4 Å². The van der Waals surface area contributed by atoms with E-state index in [4.69, 9.17) is 10.5 Å². The Morgan fingerprint density at radius 2 is 1.70 bits per heavy atom. The fraction of sp³-hybridized carbons (Fsp3) is 0.350. The lowest BCUT2D eigenvalue weighted by molar-refractivity contribution is -0.141. The number of nitrogens with two attached hydrogens (primary N) is 1. The van der Waals surface area contributed by atoms with Gasteiger partial charge < -0.3 is 25.6 Å². The van der Waals surface area contributed by atoms with Gasteiger partial charge in [-0.25, -0.2) is 9.18 Å². The molecule has 4 amide bonds. The average Bonchev–Trinajstić information content (AvgIpc) is 3.27. The molecule has 0 spiro atoms. The Balaban J connectivity index is 1.46. The normalized spacial score (nSPS) is 14.8. The topological polar surface area (TPSA) is 105 Å². The molecule has 1 atom stereocenters. The number of nitrogens with one attached hydrogen (secondary N) is 1. The Hall–Kier alpha value is -3.14. The Kier molecular flexibility index (Phi) is 7.23. The molecule has 0 radical (unpaired) electrons. The monoisotopic (exact) mass is 434 g/mol. The second kappa shape index (κ2) is 10.1. The number of thiophene rings is 1. The van der Waals surface area contributed by atoms with Crippen molar-refractivity contribution in [2.45, 2.75) is 12.5 Å². The summed E-state index contributed by atoms with van der Waals surface area (Å²) in [5, 5.41) is 4.48. The molecule has 3 rings (SSSR count). The lowest BCUT2D eigenvalue weighted by atomic mass is 10.1.